The molecular formula is C17H28N4. The summed E-state index contributed by atoms with van der Waals surface area (Å²) in [5.74, 6) is 0.913. The topological polar surface area (TPSA) is 31.4 Å². The lowest BCUT2D eigenvalue weighted by molar-refractivity contribution is 0.148. The van der Waals surface area contributed by atoms with Crippen molar-refractivity contribution in [3.63, 3.8) is 0 Å². The first kappa shape index (κ1) is 14.8. The second-order valence-electron chi connectivity index (χ2n) is 6.51. The van der Waals surface area contributed by atoms with E-state index in [1.165, 1.54) is 64.1 Å². The summed E-state index contributed by atoms with van der Waals surface area (Å²) >= 11 is 0. The zero-order chi connectivity index (χ0) is 14.5. The maximum atomic E-state index is 4.49. The molecule has 0 atom stereocenters. The number of piperidine rings is 1. The Labute approximate surface area is 128 Å². The summed E-state index contributed by atoms with van der Waals surface area (Å²) in [4.78, 5) is 9.72. The zero-order valence-electron chi connectivity index (χ0n) is 13.2. The Bertz CT molecular complexity index is 434. The molecule has 2 saturated heterocycles. The normalized spacial score (nSPS) is 21.8. The van der Waals surface area contributed by atoms with Crippen molar-refractivity contribution in [1.82, 2.24) is 14.8 Å². The van der Waals surface area contributed by atoms with Crippen LogP contribution in [0.3, 0.4) is 0 Å². The molecule has 0 unspecified atom stereocenters. The highest BCUT2D eigenvalue weighted by Gasteiger charge is 2.22. The Morgan fingerprint density at radius 2 is 1.90 bits per heavy atom. The number of anilines is 1. The molecular weight excluding hydrogens is 260 g/mol. The number of rotatable bonds is 5. The number of aromatic nitrogens is 1. The Balaban J connectivity index is 1.44. The van der Waals surface area contributed by atoms with Gasteiger partial charge in [0.15, 0.2) is 0 Å². The van der Waals surface area contributed by atoms with Crippen LogP contribution in [0.2, 0.25) is 0 Å². The van der Waals surface area contributed by atoms with Crippen LogP contribution >= 0.6 is 0 Å². The lowest BCUT2D eigenvalue weighted by Crippen LogP contribution is -2.37. The molecule has 1 aromatic heterocycles. The highest BCUT2D eigenvalue weighted by molar-refractivity contribution is 5.42. The number of hydrogen-bond acceptors (Lipinski definition) is 4. The minimum Gasteiger partial charge on any atom is -0.388 e. The summed E-state index contributed by atoms with van der Waals surface area (Å²) in [6, 6.07) is 4.18. The van der Waals surface area contributed by atoms with Gasteiger partial charge in [0, 0.05) is 32.0 Å². The molecule has 0 amide bonds. The predicted octanol–water partition coefficient (Wildman–Crippen LogP) is 2.43. The number of nitrogens with one attached hydrogen (secondary N) is 1. The van der Waals surface area contributed by atoms with Gasteiger partial charge in [-0.15, -0.1) is 0 Å². The highest BCUT2D eigenvalue weighted by atomic mass is 15.2. The van der Waals surface area contributed by atoms with E-state index in [-0.39, 0.29) is 0 Å². The monoisotopic (exact) mass is 288 g/mol. The van der Waals surface area contributed by atoms with Crippen molar-refractivity contribution in [2.24, 2.45) is 5.92 Å². The van der Waals surface area contributed by atoms with Gasteiger partial charge in [-0.3, -0.25) is 9.88 Å². The molecule has 0 radical (unpaired) electrons. The molecule has 0 bridgehead atoms. The van der Waals surface area contributed by atoms with Crippen LogP contribution in [0.1, 0.15) is 31.4 Å². The molecule has 0 aromatic carbocycles. The van der Waals surface area contributed by atoms with Gasteiger partial charge in [0.2, 0.25) is 0 Å². The predicted molar refractivity (Wildman–Crippen MR) is 87.5 cm³/mol. The smallest absolute Gasteiger partial charge is 0.0564 e. The summed E-state index contributed by atoms with van der Waals surface area (Å²) in [6.45, 7) is 7.45. The van der Waals surface area contributed by atoms with Crippen molar-refractivity contribution in [3.8, 4) is 0 Å². The van der Waals surface area contributed by atoms with Crippen LogP contribution in [-0.2, 0) is 6.54 Å². The fourth-order valence-electron chi connectivity index (χ4n) is 3.61. The highest BCUT2D eigenvalue weighted by Crippen LogP contribution is 2.22. The Morgan fingerprint density at radius 1 is 1.14 bits per heavy atom. The van der Waals surface area contributed by atoms with E-state index in [0.717, 1.165) is 18.2 Å². The van der Waals surface area contributed by atoms with Crippen LogP contribution in [0, 0.1) is 5.92 Å². The zero-order valence-corrected chi connectivity index (χ0v) is 13.2. The number of hydrogen-bond donors (Lipinski definition) is 1. The third kappa shape index (κ3) is 4.17. The van der Waals surface area contributed by atoms with Crippen molar-refractivity contribution in [1.29, 1.82) is 0 Å². The van der Waals surface area contributed by atoms with E-state index >= 15 is 0 Å². The molecule has 3 heterocycles. The molecule has 0 spiro atoms. The number of likely N-dealkylation sites (tertiary alicyclic amines) is 2. The first-order valence-corrected chi connectivity index (χ1v) is 8.41. The molecule has 2 aliphatic rings. The molecule has 2 aliphatic heterocycles. The average molecular weight is 288 g/mol. The van der Waals surface area contributed by atoms with Gasteiger partial charge >= 0.3 is 0 Å². The lowest BCUT2D eigenvalue weighted by atomic mass is 9.96. The second kappa shape index (κ2) is 7.23. The van der Waals surface area contributed by atoms with Gasteiger partial charge in [-0.25, -0.2) is 0 Å². The summed E-state index contributed by atoms with van der Waals surface area (Å²) in [6.07, 6.45) is 7.42. The largest absolute Gasteiger partial charge is 0.388 e. The van der Waals surface area contributed by atoms with Gasteiger partial charge < -0.3 is 10.2 Å². The SMILES string of the molecule is CNc1ccnc(CN2CCC(CN3CCCC3)CC2)c1. The van der Waals surface area contributed by atoms with E-state index < -0.39 is 0 Å². The van der Waals surface area contributed by atoms with Crippen LogP contribution in [-0.4, -0.2) is 54.6 Å². The third-order valence-corrected chi connectivity index (χ3v) is 4.91. The van der Waals surface area contributed by atoms with Gasteiger partial charge in [0.1, 0.15) is 0 Å². The van der Waals surface area contributed by atoms with Crippen molar-refractivity contribution in [2.75, 3.05) is 45.1 Å². The first-order chi connectivity index (χ1) is 10.3. The van der Waals surface area contributed by atoms with Crippen LogP contribution in [0.25, 0.3) is 0 Å². The molecule has 4 heteroatoms. The number of nitrogens with zero attached hydrogens (tertiary/aromatic N) is 3. The number of pyridine rings is 1. The Hall–Kier alpha value is -1.13. The van der Waals surface area contributed by atoms with E-state index in [1.807, 2.05) is 19.3 Å². The third-order valence-electron chi connectivity index (χ3n) is 4.91. The molecule has 2 fully saturated rings. The van der Waals surface area contributed by atoms with Gasteiger partial charge in [0.25, 0.3) is 0 Å². The summed E-state index contributed by atoms with van der Waals surface area (Å²) in [5, 5.41) is 3.19. The standard InChI is InChI=1S/C17H28N4/c1-18-16-4-7-19-17(12-16)14-21-10-5-15(6-11-21)13-20-8-2-3-9-20/h4,7,12,15H,2-3,5-6,8-11,13-14H2,1H3,(H,18,19). The maximum Gasteiger partial charge on any atom is 0.0564 e. The van der Waals surface area contributed by atoms with E-state index in [9.17, 15) is 0 Å². The van der Waals surface area contributed by atoms with Crippen molar-refractivity contribution < 1.29 is 0 Å². The molecule has 0 aliphatic carbocycles. The summed E-state index contributed by atoms with van der Waals surface area (Å²) in [5.41, 5.74) is 2.34. The quantitative estimate of drug-likeness (QED) is 0.902. The molecule has 21 heavy (non-hydrogen) atoms. The summed E-state index contributed by atoms with van der Waals surface area (Å²) in [7, 11) is 1.96. The van der Waals surface area contributed by atoms with Crippen molar-refractivity contribution in [3.05, 3.63) is 24.0 Å². The average Bonchev–Trinajstić information content (AvgIpc) is 3.02. The van der Waals surface area contributed by atoms with Crippen LogP contribution < -0.4 is 5.32 Å². The van der Waals surface area contributed by atoms with Crippen LogP contribution in [0.4, 0.5) is 5.69 Å². The lowest BCUT2D eigenvalue weighted by Gasteiger charge is -2.33. The molecule has 1 aromatic rings. The van der Waals surface area contributed by atoms with E-state index in [4.69, 9.17) is 0 Å². The Morgan fingerprint density at radius 3 is 2.62 bits per heavy atom. The summed E-state index contributed by atoms with van der Waals surface area (Å²) < 4.78 is 0. The molecule has 0 saturated carbocycles. The minimum absolute atomic E-state index is 0.913. The van der Waals surface area contributed by atoms with E-state index in [2.05, 4.69) is 26.2 Å². The van der Waals surface area contributed by atoms with Gasteiger partial charge in [0.05, 0.1) is 5.69 Å². The molecule has 4 nitrogen and oxygen atoms in total. The molecule has 116 valence electrons. The molecule has 1 N–H and O–H groups in total. The maximum absolute atomic E-state index is 4.49. The van der Waals surface area contributed by atoms with E-state index in [1.54, 1.807) is 0 Å². The Kier molecular flexibility index (Phi) is 5.09. The van der Waals surface area contributed by atoms with Gasteiger partial charge in [-0.05, 0) is 69.9 Å². The molecule has 3 rings (SSSR count). The van der Waals surface area contributed by atoms with Crippen molar-refractivity contribution in [2.45, 2.75) is 32.2 Å². The second-order valence-corrected chi connectivity index (χ2v) is 6.51. The fraction of sp³-hybridized carbons (Fsp3) is 0.706. The minimum atomic E-state index is 0.913. The van der Waals surface area contributed by atoms with Gasteiger partial charge in [-0.1, -0.05) is 0 Å². The van der Waals surface area contributed by atoms with Crippen molar-refractivity contribution >= 4 is 5.69 Å². The fourth-order valence-corrected chi connectivity index (χ4v) is 3.61. The van der Waals surface area contributed by atoms with Gasteiger partial charge in [-0.2, -0.15) is 0 Å². The van der Waals surface area contributed by atoms with Crippen LogP contribution in [0.5, 0.6) is 0 Å². The van der Waals surface area contributed by atoms with E-state index in [0.29, 0.717) is 0 Å². The van der Waals surface area contributed by atoms with Crippen LogP contribution in [0.15, 0.2) is 18.3 Å². The first-order valence-electron chi connectivity index (χ1n) is 8.41.